The maximum atomic E-state index is 10.2. The van der Waals surface area contributed by atoms with Gasteiger partial charge in [0.2, 0.25) is 0 Å². The molecule has 1 heterocycles. The molecule has 0 radical (unpaired) electrons. The van der Waals surface area contributed by atoms with Crippen LogP contribution >= 0.6 is 0 Å². The Morgan fingerprint density at radius 1 is 1.57 bits per heavy atom. The van der Waals surface area contributed by atoms with Crippen LogP contribution in [0.4, 0.5) is 0 Å². The van der Waals surface area contributed by atoms with Crippen molar-refractivity contribution in [3.63, 3.8) is 0 Å². The van der Waals surface area contributed by atoms with Crippen molar-refractivity contribution >= 4 is 12.0 Å². The zero-order chi connectivity index (χ0) is 9.68. The standard InChI is InChI=1S/C10H10O3.Na/c1-8(7-10(11)12)4-5-9-3-2-6-13-9;/h2-7H,1H3,(H,11,12);/q;+1/b5-4+,8-7-;. The van der Waals surface area contributed by atoms with Gasteiger partial charge in [-0.3, -0.25) is 0 Å². The average Bonchev–Trinajstić information content (AvgIpc) is 2.51. The van der Waals surface area contributed by atoms with E-state index < -0.39 is 5.97 Å². The van der Waals surface area contributed by atoms with Crippen LogP contribution in [-0.4, -0.2) is 11.1 Å². The zero-order valence-corrected chi connectivity index (χ0v) is 10.2. The Balaban J connectivity index is 0.00000169. The minimum absolute atomic E-state index is 0. The molecule has 0 aliphatic carbocycles. The van der Waals surface area contributed by atoms with Gasteiger partial charge in [0.05, 0.1) is 6.26 Å². The van der Waals surface area contributed by atoms with Gasteiger partial charge in [-0.15, -0.1) is 0 Å². The van der Waals surface area contributed by atoms with Gasteiger partial charge in [-0.2, -0.15) is 0 Å². The van der Waals surface area contributed by atoms with Crippen LogP contribution in [0.15, 0.2) is 40.5 Å². The number of carboxylic acids is 1. The fourth-order valence-corrected chi connectivity index (χ4v) is 0.843. The maximum absolute atomic E-state index is 10.2. The molecule has 1 aromatic heterocycles. The molecule has 1 N–H and O–H groups in total. The topological polar surface area (TPSA) is 50.4 Å². The third-order valence-electron chi connectivity index (χ3n) is 1.40. The molecule has 0 saturated carbocycles. The Morgan fingerprint density at radius 2 is 2.29 bits per heavy atom. The van der Waals surface area contributed by atoms with Crippen molar-refractivity contribution in [1.29, 1.82) is 0 Å². The summed E-state index contributed by atoms with van der Waals surface area (Å²) in [7, 11) is 0. The number of hydrogen-bond acceptors (Lipinski definition) is 2. The number of allylic oxidation sites excluding steroid dienone is 2. The van der Waals surface area contributed by atoms with Crippen LogP contribution in [0, 0.1) is 0 Å². The Labute approximate surface area is 104 Å². The Kier molecular flexibility index (Phi) is 6.28. The van der Waals surface area contributed by atoms with E-state index in [0.29, 0.717) is 11.3 Å². The summed E-state index contributed by atoms with van der Waals surface area (Å²) in [5, 5.41) is 8.41. The van der Waals surface area contributed by atoms with Gasteiger partial charge >= 0.3 is 35.5 Å². The molecular formula is C10H10NaO3+. The van der Waals surface area contributed by atoms with Crippen molar-refractivity contribution in [3.8, 4) is 0 Å². The van der Waals surface area contributed by atoms with Crippen molar-refractivity contribution in [2.24, 2.45) is 0 Å². The summed E-state index contributed by atoms with van der Waals surface area (Å²) in [6.07, 6.45) is 6.11. The normalized spacial score (nSPS) is 11.4. The third-order valence-corrected chi connectivity index (χ3v) is 1.40. The molecule has 0 aliphatic heterocycles. The molecule has 0 bridgehead atoms. The molecule has 14 heavy (non-hydrogen) atoms. The molecular weight excluding hydrogens is 191 g/mol. The fourth-order valence-electron chi connectivity index (χ4n) is 0.843. The van der Waals surface area contributed by atoms with E-state index in [1.54, 1.807) is 37.5 Å². The van der Waals surface area contributed by atoms with E-state index in [9.17, 15) is 4.79 Å². The molecule has 0 saturated heterocycles. The van der Waals surface area contributed by atoms with E-state index in [1.807, 2.05) is 0 Å². The second kappa shape index (κ2) is 6.65. The predicted molar refractivity (Wildman–Crippen MR) is 49.1 cm³/mol. The smallest absolute Gasteiger partial charge is 0.478 e. The van der Waals surface area contributed by atoms with E-state index in [1.165, 1.54) is 0 Å². The molecule has 4 heteroatoms. The molecule has 0 spiro atoms. The first-order valence-electron chi connectivity index (χ1n) is 3.81. The first kappa shape index (κ1) is 13.2. The molecule has 0 atom stereocenters. The van der Waals surface area contributed by atoms with Crippen LogP contribution in [0.5, 0.6) is 0 Å². The van der Waals surface area contributed by atoms with Gasteiger partial charge in [0.15, 0.2) is 0 Å². The SMILES string of the molecule is CC(=C/C(=O)O)/C=C/c1ccco1.[Na+]. The molecule has 0 amide bonds. The van der Waals surface area contributed by atoms with Crippen molar-refractivity contribution in [3.05, 3.63) is 41.9 Å². The molecule has 1 aromatic rings. The number of rotatable bonds is 3. The maximum Gasteiger partial charge on any atom is 1.00 e. The van der Waals surface area contributed by atoms with Crippen LogP contribution in [0.3, 0.4) is 0 Å². The van der Waals surface area contributed by atoms with E-state index in [2.05, 4.69) is 0 Å². The van der Waals surface area contributed by atoms with Gasteiger partial charge in [-0.1, -0.05) is 6.08 Å². The molecule has 68 valence electrons. The van der Waals surface area contributed by atoms with Crippen molar-refractivity contribution in [1.82, 2.24) is 0 Å². The summed E-state index contributed by atoms with van der Waals surface area (Å²) in [5.41, 5.74) is 0.670. The summed E-state index contributed by atoms with van der Waals surface area (Å²) in [4.78, 5) is 10.2. The summed E-state index contributed by atoms with van der Waals surface area (Å²) in [6.45, 7) is 1.72. The molecule has 1 rings (SSSR count). The summed E-state index contributed by atoms with van der Waals surface area (Å²) < 4.78 is 5.03. The van der Waals surface area contributed by atoms with Gasteiger partial charge in [-0.05, 0) is 30.7 Å². The first-order chi connectivity index (χ1) is 6.18. The monoisotopic (exact) mass is 201 g/mol. The zero-order valence-electron chi connectivity index (χ0n) is 8.23. The number of carbonyl (C=O) groups is 1. The Hall–Kier alpha value is -0.770. The molecule has 0 unspecified atom stereocenters. The Morgan fingerprint density at radius 3 is 2.79 bits per heavy atom. The fraction of sp³-hybridized carbons (Fsp3) is 0.100. The second-order valence-electron chi connectivity index (χ2n) is 2.58. The van der Waals surface area contributed by atoms with Gasteiger partial charge < -0.3 is 9.52 Å². The van der Waals surface area contributed by atoms with Gasteiger partial charge in [0.1, 0.15) is 5.76 Å². The first-order valence-corrected chi connectivity index (χ1v) is 3.81. The summed E-state index contributed by atoms with van der Waals surface area (Å²) in [5.74, 6) is -0.236. The van der Waals surface area contributed by atoms with Gasteiger partial charge in [-0.25, -0.2) is 4.79 Å². The van der Waals surface area contributed by atoms with Crippen LogP contribution in [0.25, 0.3) is 6.08 Å². The molecule has 0 aliphatic rings. The van der Waals surface area contributed by atoms with E-state index in [0.717, 1.165) is 6.08 Å². The quantitative estimate of drug-likeness (QED) is 0.401. The molecule has 3 nitrogen and oxygen atoms in total. The number of carboxylic acid groups (broad SMARTS) is 1. The summed E-state index contributed by atoms with van der Waals surface area (Å²) >= 11 is 0. The van der Waals surface area contributed by atoms with Gasteiger partial charge in [0.25, 0.3) is 0 Å². The second-order valence-corrected chi connectivity index (χ2v) is 2.58. The Bertz CT molecular complexity index is 336. The number of hydrogen-bond donors (Lipinski definition) is 1. The third kappa shape index (κ3) is 5.07. The number of furan rings is 1. The van der Waals surface area contributed by atoms with E-state index in [-0.39, 0.29) is 29.6 Å². The molecule has 0 fully saturated rings. The minimum Gasteiger partial charge on any atom is -0.478 e. The van der Waals surface area contributed by atoms with E-state index >= 15 is 0 Å². The van der Waals surface area contributed by atoms with Crippen LogP contribution in [-0.2, 0) is 4.79 Å². The van der Waals surface area contributed by atoms with Crippen molar-refractivity contribution in [2.45, 2.75) is 6.92 Å². The average molecular weight is 201 g/mol. The minimum atomic E-state index is -0.943. The van der Waals surface area contributed by atoms with Crippen molar-refractivity contribution < 1.29 is 43.9 Å². The predicted octanol–water partition coefficient (Wildman–Crippen LogP) is -0.672. The molecule has 0 aromatic carbocycles. The van der Waals surface area contributed by atoms with Crippen molar-refractivity contribution in [2.75, 3.05) is 0 Å². The van der Waals surface area contributed by atoms with E-state index in [4.69, 9.17) is 9.52 Å². The van der Waals surface area contributed by atoms with Gasteiger partial charge in [0, 0.05) is 6.08 Å². The van der Waals surface area contributed by atoms with Crippen LogP contribution < -0.4 is 29.6 Å². The summed E-state index contributed by atoms with van der Waals surface area (Å²) in [6, 6.07) is 3.57. The largest absolute Gasteiger partial charge is 1.00 e. The number of aliphatic carboxylic acids is 1. The van der Waals surface area contributed by atoms with Crippen LogP contribution in [0.1, 0.15) is 12.7 Å². The van der Waals surface area contributed by atoms with Crippen LogP contribution in [0.2, 0.25) is 0 Å².